The predicted octanol–water partition coefficient (Wildman–Crippen LogP) is 2.90. The van der Waals surface area contributed by atoms with Crippen LogP contribution in [0.1, 0.15) is 10.4 Å². The Morgan fingerprint density at radius 1 is 1.09 bits per heavy atom. The van der Waals surface area contributed by atoms with Crippen LogP contribution in [0.25, 0.3) is 22.0 Å². The molecule has 2 aromatic carbocycles. The van der Waals surface area contributed by atoms with Gasteiger partial charge in [-0.3, -0.25) is 4.79 Å². The van der Waals surface area contributed by atoms with Crippen molar-refractivity contribution in [3.8, 4) is 16.9 Å². The van der Waals surface area contributed by atoms with Crippen LogP contribution in [0, 0.1) is 0 Å². The van der Waals surface area contributed by atoms with E-state index in [-0.39, 0.29) is 11.1 Å². The number of carboxylic acid groups (broad SMARTS) is 1. The van der Waals surface area contributed by atoms with E-state index in [9.17, 15) is 14.7 Å². The average Bonchev–Trinajstić information content (AvgIpc) is 2.53. The maximum Gasteiger partial charge on any atom is 0.337 e. The van der Waals surface area contributed by atoms with Gasteiger partial charge in [-0.1, -0.05) is 30.3 Å². The number of H-pyrrole nitrogens is 1. The van der Waals surface area contributed by atoms with E-state index in [0.29, 0.717) is 22.2 Å². The summed E-state index contributed by atoms with van der Waals surface area (Å²) in [6, 6.07) is 13.6. The molecule has 2 N–H and O–H groups in total. The third kappa shape index (κ3) is 2.22. The number of aromatic amines is 1. The standard InChI is InChI=1S/C17H13NO4/c1-22-11-8-6-10(7-9-11)14-15(17(20)21)12-4-2-3-5-13(12)18-16(14)19/h2-9H,1H3,(H,18,19)(H,20,21). The van der Waals surface area contributed by atoms with Crippen molar-refractivity contribution in [1.29, 1.82) is 0 Å². The third-order valence-electron chi connectivity index (χ3n) is 3.51. The van der Waals surface area contributed by atoms with Crippen LogP contribution in [0.3, 0.4) is 0 Å². The molecule has 0 saturated carbocycles. The average molecular weight is 295 g/mol. The van der Waals surface area contributed by atoms with Crippen LogP contribution in [0.4, 0.5) is 0 Å². The Labute approximate surface area is 125 Å². The number of para-hydroxylation sites is 1. The summed E-state index contributed by atoms with van der Waals surface area (Å²) in [4.78, 5) is 26.8. The van der Waals surface area contributed by atoms with Gasteiger partial charge in [-0.25, -0.2) is 4.79 Å². The van der Waals surface area contributed by atoms with Gasteiger partial charge in [-0.2, -0.15) is 0 Å². The van der Waals surface area contributed by atoms with Crippen LogP contribution in [-0.4, -0.2) is 23.2 Å². The first-order chi connectivity index (χ1) is 10.6. The number of hydrogen-bond donors (Lipinski definition) is 2. The minimum Gasteiger partial charge on any atom is -0.497 e. The zero-order valence-corrected chi connectivity index (χ0v) is 11.8. The molecule has 0 radical (unpaired) electrons. The quantitative estimate of drug-likeness (QED) is 0.778. The van der Waals surface area contributed by atoms with Gasteiger partial charge in [-0.05, 0) is 23.8 Å². The van der Waals surface area contributed by atoms with E-state index < -0.39 is 11.5 Å². The summed E-state index contributed by atoms with van der Waals surface area (Å²) in [6.07, 6.45) is 0. The Kier molecular flexibility index (Phi) is 3.39. The molecule has 3 aromatic rings. The number of fused-ring (bicyclic) bond motifs is 1. The molecule has 0 aliphatic carbocycles. The molecule has 0 atom stereocenters. The van der Waals surface area contributed by atoms with Gasteiger partial charge in [0.15, 0.2) is 0 Å². The van der Waals surface area contributed by atoms with Crippen molar-refractivity contribution in [2.45, 2.75) is 0 Å². The predicted molar refractivity (Wildman–Crippen MR) is 83.5 cm³/mol. The molecular formula is C17H13NO4. The van der Waals surface area contributed by atoms with Crippen LogP contribution < -0.4 is 10.3 Å². The largest absolute Gasteiger partial charge is 0.497 e. The fraction of sp³-hybridized carbons (Fsp3) is 0.0588. The van der Waals surface area contributed by atoms with Crippen LogP contribution >= 0.6 is 0 Å². The lowest BCUT2D eigenvalue weighted by molar-refractivity contribution is 0.0699. The Morgan fingerprint density at radius 3 is 2.41 bits per heavy atom. The van der Waals surface area contributed by atoms with Crippen molar-refractivity contribution in [3.63, 3.8) is 0 Å². The van der Waals surface area contributed by atoms with E-state index in [1.165, 1.54) is 0 Å². The summed E-state index contributed by atoms with van der Waals surface area (Å²) < 4.78 is 5.08. The van der Waals surface area contributed by atoms with Gasteiger partial charge in [0.1, 0.15) is 5.75 Å². The highest BCUT2D eigenvalue weighted by Crippen LogP contribution is 2.27. The number of nitrogens with one attached hydrogen (secondary N) is 1. The fourth-order valence-electron chi connectivity index (χ4n) is 2.50. The molecule has 0 fully saturated rings. The van der Waals surface area contributed by atoms with Crippen molar-refractivity contribution in [1.82, 2.24) is 4.98 Å². The van der Waals surface area contributed by atoms with E-state index in [2.05, 4.69) is 4.98 Å². The number of hydrogen-bond acceptors (Lipinski definition) is 3. The van der Waals surface area contributed by atoms with E-state index >= 15 is 0 Å². The molecule has 5 nitrogen and oxygen atoms in total. The number of pyridine rings is 1. The van der Waals surface area contributed by atoms with Gasteiger partial charge >= 0.3 is 5.97 Å². The van der Waals surface area contributed by atoms with Crippen LogP contribution in [0.5, 0.6) is 5.75 Å². The second kappa shape index (κ2) is 5.37. The normalized spacial score (nSPS) is 10.6. The molecular weight excluding hydrogens is 282 g/mol. The highest BCUT2D eigenvalue weighted by Gasteiger charge is 2.19. The van der Waals surface area contributed by atoms with E-state index in [4.69, 9.17) is 4.74 Å². The number of aromatic nitrogens is 1. The number of aromatic carboxylic acids is 1. The molecule has 22 heavy (non-hydrogen) atoms. The fourth-order valence-corrected chi connectivity index (χ4v) is 2.50. The Balaban J connectivity index is 2.36. The number of benzene rings is 2. The van der Waals surface area contributed by atoms with Gasteiger partial charge < -0.3 is 14.8 Å². The number of carbonyl (C=O) groups is 1. The van der Waals surface area contributed by atoms with Crippen LogP contribution in [0.2, 0.25) is 0 Å². The first-order valence-electron chi connectivity index (χ1n) is 6.64. The maximum atomic E-state index is 12.4. The van der Waals surface area contributed by atoms with Crippen molar-refractivity contribution in [2.75, 3.05) is 7.11 Å². The number of rotatable bonds is 3. The minimum atomic E-state index is -1.13. The Morgan fingerprint density at radius 2 is 1.77 bits per heavy atom. The lowest BCUT2D eigenvalue weighted by Crippen LogP contribution is -2.15. The summed E-state index contributed by atoms with van der Waals surface area (Å²) in [7, 11) is 1.54. The topological polar surface area (TPSA) is 79.4 Å². The van der Waals surface area contributed by atoms with Gasteiger partial charge in [0.25, 0.3) is 5.56 Å². The molecule has 0 amide bonds. The second-order valence-corrected chi connectivity index (χ2v) is 4.78. The minimum absolute atomic E-state index is 0.00418. The molecule has 0 aliphatic rings. The highest BCUT2D eigenvalue weighted by atomic mass is 16.5. The number of ether oxygens (including phenoxy) is 1. The number of carboxylic acids is 1. The SMILES string of the molecule is COc1ccc(-c2c(C(=O)O)c3ccccc3[nH]c2=O)cc1. The van der Waals surface area contributed by atoms with Gasteiger partial charge in [0, 0.05) is 10.9 Å². The summed E-state index contributed by atoms with van der Waals surface area (Å²) in [5, 5.41) is 10.1. The highest BCUT2D eigenvalue weighted by molar-refractivity contribution is 6.08. The first kappa shape index (κ1) is 13.9. The van der Waals surface area contributed by atoms with E-state index in [1.54, 1.807) is 55.6 Å². The lowest BCUT2D eigenvalue weighted by atomic mass is 9.97. The molecule has 5 heteroatoms. The molecule has 0 unspecified atom stereocenters. The second-order valence-electron chi connectivity index (χ2n) is 4.78. The monoisotopic (exact) mass is 295 g/mol. The molecule has 3 rings (SSSR count). The van der Waals surface area contributed by atoms with Gasteiger partial charge in [0.2, 0.25) is 0 Å². The zero-order valence-electron chi connectivity index (χ0n) is 11.8. The number of methoxy groups -OCH3 is 1. The smallest absolute Gasteiger partial charge is 0.337 e. The van der Waals surface area contributed by atoms with Crippen LogP contribution in [0.15, 0.2) is 53.3 Å². The summed E-state index contributed by atoms with van der Waals surface area (Å²) >= 11 is 0. The van der Waals surface area contributed by atoms with E-state index in [0.717, 1.165) is 0 Å². The van der Waals surface area contributed by atoms with Gasteiger partial charge in [-0.15, -0.1) is 0 Å². The first-order valence-corrected chi connectivity index (χ1v) is 6.64. The third-order valence-corrected chi connectivity index (χ3v) is 3.51. The molecule has 110 valence electrons. The Hall–Kier alpha value is -3.08. The molecule has 0 bridgehead atoms. The van der Waals surface area contributed by atoms with Crippen molar-refractivity contribution in [2.24, 2.45) is 0 Å². The van der Waals surface area contributed by atoms with Gasteiger partial charge in [0.05, 0.1) is 18.2 Å². The summed E-state index contributed by atoms with van der Waals surface area (Å²) in [6.45, 7) is 0. The van der Waals surface area contributed by atoms with Crippen LogP contribution in [-0.2, 0) is 0 Å². The van der Waals surface area contributed by atoms with E-state index in [1.807, 2.05) is 0 Å². The zero-order chi connectivity index (χ0) is 15.7. The maximum absolute atomic E-state index is 12.4. The summed E-state index contributed by atoms with van der Waals surface area (Å²) in [5.74, 6) is -0.494. The molecule has 1 aromatic heterocycles. The molecule has 0 aliphatic heterocycles. The summed E-state index contributed by atoms with van der Waals surface area (Å²) in [5.41, 5.74) is 0.756. The Bertz CT molecular complexity index is 910. The molecule has 1 heterocycles. The lowest BCUT2D eigenvalue weighted by Gasteiger charge is -2.10. The van der Waals surface area contributed by atoms with Crippen molar-refractivity contribution >= 4 is 16.9 Å². The molecule has 0 spiro atoms. The molecule has 0 saturated heterocycles. The van der Waals surface area contributed by atoms with Crippen molar-refractivity contribution in [3.05, 3.63) is 64.4 Å². The van der Waals surface area contributed by atoms with Crippen molar-refractivity contribution < 1.29 is 14.6 Å².